The molecule has 1 nitrogen and oxygen atoms in total. The van der Waals surface area contributed by atoms with Crippen molar-refractivity contribution in [3.8, 4) is 0 Å². The van der Waals surface area contributed by atoms with Gasteiger partial charge in [0.05, 0.1) is 0 Å². The third-order valence-electron chi connectivity index (χ3n) is 7.07. The van der Waals surface area contributed by atoms with Crippen molar-refractivity contribution in [2.45, 2.75) is 42.7 Å². The Kier molecular flexibility index (Phi) is 8.59. The molecule has 0 amide bonds. The van der Waals surface area contributed by atoms with Gasteiger partial charge >= 0.3 is 228 Å². The van der Waals surface area contributed by atoms with E-state index in [2.05, 4.69) is 156 Å². The second kappa shape index (κ2) is 11.6. The van der Waals surface area contributed by atoms with Crippen LogP contribution in [0.2, 0.25) is 10.5 Å². The molecule has 0 heterocycles. The topological polar surface area (TPSA) is 12.0 Å². The Morgan fingerprint density at radius 3 is 1.39 bits per heavy atom. The van der Waals surface area contributed by atoms with Crippen molar-refractivity contribution in [2.24, 2.45) is 0 Å². The van der Waals surface area contributed by atoms with Gasteiger partial charge in [-0.25, -0.2) is 0 Å². The van der Waals surface area contributed by atoms with E-state index in [4.69, 9.17) is 0 Å². The van der Waals surface area contributed by atoms with E-state index >= 15 is 0 Å². The molecule has 0 radical (unpaired) electrons. The fraction of sp³-hybridized carbons (Fsp3) is 0.200. The molecule has 0 saturated carbocycles. The van der Waals surface area contributed by atoms with E-state index in [1.807, 2.05) is 0 Å². The van der Waals surface area contributed by atoms with Gasteiger partial charge in [0.1, 0.15) is 0 Å². The van der Waals surface area contributed by atoms with Crippen LogP contribution >= 0.6 is 0 Å². The molecule has 0 bridgehead atoms. The van der Waals surface area contributed by atoms with Crippen molar-refractivity contribution in [3.63, 3.8) is 0 Å². The molecule has 1 unspecified atom stereocenters. The fourth-order valence-electron chi connectivity index (χ4n) is 6.10. The molecule has 5 rings (SSSR count). The third kappa shape index (κ3) is 5.80. The molecule has 0 aliphatic heterocycles. The zero-order valence-corrected chi connectivity index (χ0v) is 24.2. The first-order valence-corrected chi connectivity index (χ1v) is 17.9. The standard InChI is InChI=1S/C29H21.C4H10N.2CH3.H4Si.Ti/c1-5-13-22(14-6-1)26-21-27(23-15-7-2-8-16-23)29(25-19-11-4-12-20-25)28(26)24-17-9-3-10-18-24;1-4(2,3)5;;;;/h1-20,26H;5H,1-3H3;2*1H3;1H4;/q;-1;;;;+1. The Morgan fingerprint density at radius 1 is 0.553 bits per heavy atom. The summed E-state index contributed by atoms with van der Waals surface area (Å²) in [4.78, 5) is 0. The quantitative estimate of drug-likeness (QED) is 0.240. The minimum Gasteiger partial charge on any atom is -0.0149 e. The first-order valence-electron chi connectivity index (χ1n) is 13.3. The maximum Gasteiger partial charge on any atom is -0.0149 e. The normalized spacial score (nSPS) is 16.0. The SMILES string of the molecule is CC(C)(C)[NH][Ti]([CH3])([CH3])[C]1=C(c2ccccc2)C(c2ccccc2)=C(c2ccccc2)C1c1ccccc1.[SiH4]. The van der Waals surface area contributed by atoms with Gasteiger partial charge in [-0.05, 0) is 11.0 Å². The van der Waals surface area contributed by atoms with E-state index in [9.17, 15) is 0 Å². The van der Waals surface area contributed by atoms with Gasteiger partial charge in [-0.15, -0.1) is 0 Å². The van der Waals surface area contributed by atoms with Crippen LogP contribution in [0.1, 0.15) is 48.9 Å². The van der Waals surface area contributed by atoms with Crippen LogP contribution in [0.25, 0.3) is 16.7 Å². The van der Waals surface area contributed by atoms with E-state index < -0.39 is 16.8 Å². The van der Waals surface area contributed by atoms with E-state index in [1.165, 1.54) is 39.0 Å². The van der Waals surface area contributed by atoms with Crippen molar-refractivity contribution in [1.82, 2.24) is 3.80 Å². The van der Waals surface area contributed by atoms with Crippen LogP contribution in [0, 0.1) is 0 Å². The first kappa shape index (κ1) is 28.3. The predicted molar refractivity (Wildman–Crippen MR) is 168 cm³/mol. The van der Waals surface area contributed by atoms with Crippen molar-refractivity contribution >= 4 is 27.7 Å². The number of rotatable bonds is 6. The minimum absolute atomic E-state index is 0. The maximum absolute atomic E-state index is 4.18. The van der Waals surface area contributed by atoms with Crippen molar-refractivity contribution in [1.29, 1.82) is 0 Å². The summed E-state index contributed by atoms with van der Waals surface area (Å²) in [6, 6.07) is 44.3. The van der Waals surface area contributed by atoms with Gasteiger partial charge < -0.3 is 0 Å². The Morgan fingerprint density at radius 2 is 0.947 bits per heavy atom. The summed E-state index contributed by atoms with van der Waals surface area (Å²) < 4.78 is 5.79. The fourth-order valence-corrected chi connectivity index (χ4v) is 12.2. The van der Waals surface area contributed by atoms with Crippen LogP contribution in [-0.4, -0.2) is 16.5 Å². The molecule has 4 aromatic carbocycles. The molecule has 1 N–H and O–H groups in total. The Labute approximate surface area is 237 Å². The van der Waals surface area contributed by atoms with Gasteiger partial charge in [-0.1, -0.05) is 0 Å². The predicted octanol–water partition coefficient (Wildman–Crippen LogP) is 7.91. The summed E-state index contributed by atoms with van der Waals surface area (Å²) in [7, 11) is 0. The number of hydrogen-bond donors (Lipinski definition) is 1. The first-order chi connectivity index (χ1) is 17.8. The van der Waals surface area contributed by atoms with Gasteiger partial charge in [0.2, 0.25) is 0 Å². The second-order valence-electron chi connectivity index (χ2n) is 11.5. The van der Waals surface area contributed by atoms with E-state index in [0.717, 1.165) is 0 Å². The molecule has 38 heavy (non-hydrogen) atoms. The Balaban J connectivity index is 0.00000336. The summed E-state index contributed by atoms with van der Waals surface area (Å²) in [5.74, 6) is 0.193. The van der Waals surface area contributed by atoms with Crippen LogP contribution in [0.5, 0.6) is 0 Å². The van der Waals surface area contributed by atoms with E-state index in [-0.39, 0.29) is 22.4 Å². The molecule has 0 fully saturated rings. The Hall–Kier alpha value is -2.75. The summed E-state index contributed by atoms with van der Waals surface area (Å²) in [6.07, 6.45) is 0. The van der Waals surface area contributed by atoms with Crippen LogP contribution in [0.15, 0.2) is 125 Å². The average molecular weight is 552 g/mol. The van der Waals surface area contributed by atoms with Crippen molar-refractivity contribution in [3.05, 3.63) is 147 Å². The van der Waals surface area contributed by atoms with Crippen molar-refractivity contribution in [2.75, 3.05) is 0 Å². The molecule has 1 atom stereocenters. The molecular formula is C35H41NSiTi. The molecule has 4 aromatic rings. The van der Waals surface area contributed by atoms with Crippen LogP contribution in [-0.2, 0) is 16.8 Å². The van der Waals surface area contributed by atoms with Crippen LogP contribution in [0.3, 0.4) is 0 Å². The molecule has 194 valence electrons. The molecular weight excluding hydrogens is 510 g/mol. The maximum atomic E-state index is 4.18. The second-order valence-corrected chi connectivity index (χ2v) is 17.8. The largest absolute Gasteiger partial charge is 0.0149 e. The zero-order valence-electron chi connectivity index (χ0n) is 22.6. The van der Waals surface area contributed by atoms with E-state index in [1.54, 1.807) is 3.88 Å². The summed E-state index contributed by atoms with van der Waals surface area (Å²) in [5.41, 5.74) is 9.49. The van der Waals surface area contributed by atoms with Gasteiger partial charge in [0.25, 0.3) is 0 Å². The third-order valence-corrected chi connectivity index (χ3v) is 12.2. The Bertz CT molecular complexity index is 1420. The van der Waals surface area contributed by atoms with Crippen molar-refractivity contribution < 1.29 is 16.8 Å². The summed E-state index contributed by atoms with van der Waals surface area (Å²) >= 11 is -2.82. The van der Waals surface area contributed by atoms with Crippen LogP contribution in [0.4, 0.5) is 0 Å². The molecule has 0 saturated heterocycles. The smallest absolute Gasteiger partial charge is 0.0149 e. The van der Waals surface area contributed by atoms with Crippen LogP contribution < -0.4 is 3.80 Å². The molecule has 3 heteroatoms. The number of benzene rings is 4. The van der Waals surface area contributed by atoms with Gasteiger partial charge in [0, 0.05) is 0 Å². The molecule has 0 spiro atoms. The minimum atomic E-state index is -2.82. The number of nitrogens with one attached hydrogen (secondary N) is 1. The monoisotopic (exact) mass is 551 g/mol. The average Bonchev–Trinajstić information content (AvgIpc) is 3.27. The van der Waals surface area contributed by atoms with Gasteiger partial charge in [-0.3, -0.25) is 0 Å². The summed E-state index contributed by atoms with van der Waals surface area (Å²) in [6.45, 7) is 6.91. The molecule has 0 aromatic heterocycles. The van der Waals surface area contributed by atoms with E-state index in [0.29, 0.717) is 0 Å². The number of hydrogen-bond acceptors (Lipinski definition) is 1. The summed E-state index contributed by atoms with van der Waals surface area (Å²) in [5, 5.41) is 5.08. The molecule has 1 aliphatic carbocycles. The van der Waals surface area contributed by atoms with Gasteiger partial charge in [-0.2, -0.15) is 0 Å². The number of allylic oxidation sites excluding steroid dienone is 4. The van der Waals surface area contributed by atoms with Gasteiger partial charge in [0.15, 0.2) is 0 Å². The molecule has 1 aliphatic rings. The zero-order chi connectivity index (χ0) is 26.0.